The number of anilines is 1. The highest BCUT2D eigenvalue weighted by molar-refractivity contribution is 6.59. The topological polar surface area (TPSA) is 33.2 Å². The van der Waals surface area contributed by atoms with Crippen LogP contribution in [0.15, 0.2) is 37.1 Å². The number of carbonyl (C=O) groups excluding carboxylic acids is 1. The van der Waals surface area contributed by atoms with Crippen molar-refractivity contribution in [1.82, 2.24) is 4.98 Å². The van der Waals surface area contributed by atoms with E-state index in [1.807, 2.05) is 12.1 Å². The standard InChI is InChI=1S/C26H42Cl2N2O/c1-3-5-6-7-8-9-10-11-12-13-14-15-16-18-21-26(27,28)25(31)30(23-4-2)24-20-17-19-22-29-24/h4,17,19-20,22H,2-3,5-16,18,21,23H2,1H3. The van der Waals surface area contributed by atoms with Gasteiger partial charge in [-0.1, -0.05) is 126 Å². The number of pyridine rings is 1. The molecule has 0 unspecified atom stereocenters. The van der Waals surface area contributed by atoms with E-state index in [4.69, 9.17) is 23.2 Å². The van der Waals surface area contributed by atoms with Gasteiger partial charge in [-0.3, -0.25) is 9.69 Å². The Balaban J connectivity index is 2.15. The maximum atomic E-state index is 12.9. The zero-order valence-electron chi connectivity index (χ0n) is 19.5. The summed E-state index contributed by atoms with van der Waals surface area (Å²) in [5.41, 5.74) is 0. The SMILES string of the molecule is C=CCN(C(=O)C(Cl)(Cl)CCCCCCCCCCCCCCCC)c1ccccn1. The zero-order valence-corrected chi connectivity index (χ0v) is 21.0. The fourth-order valence-corrected chi connectivity index (χ4v) is 4.24. The highest BCUT2D eigenvalue weighted by Gasteiger charge is 2.37. The first-order chi connectivity index (χ1) is 15.0. The number of halogens is 2. The molecule has 0 N–H and O–H groups in total. The molecule has 176 valence electrons. The molecule has 1 rings (SSSR count). The molecule has 0 saturated carbocycles. The lowest BCUT2D eigenvalue weighted by molar-refractivity contribution is -0.119. The summed E-state index contributed by atoms with van der Waals surface area (Å²) < 4.78 is -1.43. The first-order valence-electron chi connectivity index (χ1n) is 12.2. The fourth-order valence-electron chi connectivity index (χ4n) is 3.77. The molecule has 0 aliphatic rings. The molecule has 0 saturated heterocycles. The Bertz CT molecular complexity index is 592. The Morgan fingerprint density at radius 2 is 1.45 bits per heavy atom. The van der Waals surface area contributed by atoms with Gasteiger partial charge in [-0.05, 0) is 25.0 Å². The van der Waals surface area contributed by atoms with Gasteiger partial charge in [-0.15, -0.1) is 6.58 Å². The van der Waals surface area contributed by atoms with Crippen molar-refractivity contribution >= 4 is 34.9 Å². The number of nitrogens with zero attached hydrogens (tertiary/aromatic N) is 2. The third-order valence-corrected chi connectivity index (χ3v) is 6.34. The van der Waals surface area contributed by atoms with E-state index in [9.17, 15) is 4.79 Å². The van der Waals surface area contributed by atoms with Crippen molar-refractivity contribution < 1.29 is 4.79 Å². The summed E-state index contributed by atoms with van der Waals surface area (Å²) in [6.07, 6.45) is 21.8. The minimum absolute atomic E-state index is 0.329. The van der Waals surface area contributed by atoms with Gasteiger partial charge in [0.1, 0.15) is 5.82 Å². The predicted molar refractivity (Wildman–Crippen MR) is 136 cm³/mol. The number of carbonyl (C=O) groups is 1. The normalized spacial score (nSPS) is 11.5. The lowest BCUT2D eigenvalue weighted by Gasteiger charge is -2.27. The molecule has 0 radical (unpaired) electrons. The molecule has 0 fully saturated rings. The van der Waals surface area contributed by atoms with Crippen molar-refractivity contribution in [3.8, 4) is 0 Å². The van der Waals surface area contributed by atoms with Crippen LogP contribution in [-0.4, -0.2) is 21.8 Å². The Morgan fingerprint density at radius 3 is 1.90 bits per heavy atom. The van der Waals surface area contributed by atoms with Gasteiger partial charge < -0.3 is 0 Å². The largest absolute Gasteiger partial charge is 0.290 e. The van der Waals surface area contributed by atoms with Gasteiger partial charge in [0.25, 0.3) is 5.91 Å². The highest BCUT2D eigenvalue weighted by atomic mass is 35.5. The van der Waals surface area contributed by atoms with E-state index in [0.717, 1.165) is 12.8 Å². The molecule has 3 nitrogen and oxygen atoms in total. The van der Waals surface area contributed by atoms with E-state index in [1.165, 1.54) is 81.9 Å². The van der Waals surface area contributed by atoms with Crippen LogP contribution in [-0.2, 0) is 4.79 Å². The van der Waals surface area contributed by atoms with E-state index in [2.05, 4.69) is 18.5 Å². The molecule has 0 bridgehead atoms. The highest BCUT2D eigenvalue weighted by Crippen LogP contribution is 2.32. The summed E-state index contributed by atoms with van der Waals surface area (Å²) in [5, 5.41) is 0. The second kappa shape index (κ2) is 17.5. The van der Waals surface area contributed by atoms with E-state index in [0.29, 0.717) is 18.8 Å². The van der Waals surface area contributed by atoms with Crippen LogP contribution in [0.2, 0.25) is 0 Å². The average Bonchev–Trinajstić information content (AvgIpc) is 2.77. The number of hydrogen-bond acceptors (Lipinski definition) is 2. The van der Waals surface area contributed by atoms with Crippen molar-refractivity contribution in [2.45, 2.75) is 108 Å². The molecule has 1 aromatic heterocycles. The van der Waals surface area contributed by atoms with Crippen molar-refractivity contribution in [3.05, 3.63) is 37.1 Å². The summed E-state index contributed by atoms with van der Waals surface area (Å²) in [6.45, 7) is 6.32. The maximum Gasteiger partial charge on any atom is 0.264 e. The van der Waals surface area contributed by atoms with Crippen LogP contribution in [0.25, 0.3) is 0 Å². The fraction of sp³-hybridized carbons (Fsp3) is 0.692. The molecule has 0 aromatic carbocycles. The second-order valence-corrected chi connectivity index (χ2v) is 9.93. The third-order valence-electron chi connectivity index (χ3n) is 5.64. The van der Waals surface area contributed by atoms with Crippen molar-refractivity contribution in [2.24, 2.45) is 0 Å². The molecule has 0 aliphatic carbocycles. The van der Waals surface area contributed by atoms with E-state index in [-0.39, 0.29) is 5.91 Å². The van der Waals surface area contributed by atoms with Crippen molar-refractivity contribution in [1.29, 1.82) is 0 Å². The molecule has 0 spiro atoms. The van der Waals surface area contributed by atoms with Gasteiger partial charge in [0.05, 0.1) is 0 Å². The molecular formula is C26H42Cl2N2O. The van der Waals surface area contributed by atoms with Gasteiger partial charge in [-0.25, -0.2) is 4.98 Å². The average molecular weight is 470 g/mol. The van der Waals surface area contributed by atoms with Crippen molar-refractivity contribution in [2.75, 3.05) is 11.4 Å². The lowest BCUT2D eigenvalue weighted by Crippen LogP contribution is -2.43. The number of alkyl halides is 2. The van der Waals surface area contributed by atoms with Crippen molar-refractivity contribution in [3.63, 3.8) is 0 Å². The summed E-state index contributed by atoms with van der Waals surface area (Å²) in [6, 6.07) is 5.42. The molecule has 5 heteroatoms. The first-order valence-corrected chi connectivity index (χ1v) is 13.0. The number of unbranched alkanes of at least 4 members (excludes halogenated alkanes) is 13. The second-order valence-electron chi connectivity index (χ2n) is 8.44. The minimum atomic E-state index is -1.43. The van der Waals surface area contributed by atoms with Crippen LogP contribution in [0, 0.1) is 0 Å². The Morgan fingerprint density at radius 1 is 0.935 bits per heavy atom. The van der Waals surface area contributed by atoms with Crippen LogP contribution < -0.4 is 4.90 Å². The van der Waals surface area contributed by atoms with Crippen LogP contribution in [0.3, 0.4) is 0 Å². The number of amides is 1. The molecular weight excluding hydrogens is 427 g/mol. The van der Waals surface area contributed by atoms with Crippen LogP contribution >= 0.6 is 23.2 Å². The van der Waals surface area contributed by atoms with Crippen LogP contribution in [0.5, 0.6) is 0 Å². The Kier molecular flexibility index (Phi) is 15.8. The Hall–Kier alpha value is -1.06. The molecule has 1 amide bonds. The maximum absolute atomic E-state index is 12.9. The van der Waals surface area contributed by atoms with Crippen LogP contribution in [0.4, 0.5) is 5.82 Å². The smallest absolute Gasteiger partial charge is 0.264 e. The summed E-state index contributed by atoms with van der Waals surface area (Å²) in [5.74, 6) is 0.211. The molecule has 0 atom stereocenters. The van der Waals surface area contributed by atoms with E-state index < -0.39 is 4.33 Å². The van der Waals surface area contributed by atoms with Gasteiger partial charge >= 0.3 is 0 Å². The minimum Gasteiger partial charge on any atom is -0.290 e. The monoisotopic (exact) mass is 468 g/mol. The number of hydrogen-bond donors (Lipinski definition) is 0. The summed E-state index contributed by atoms with van der Waals surface area (Å²) in [7, 11) is 0. The molecule has 1 aromatic rings. The third kappa shape index (κ3) is 12.5. The van der Waals surface area contributed by atoms with E-state index in [1.54, 1.807) is 18.3 Å². The lowest BCUT2D eigenvalue weighted by atomic mass is 10.0. The van der Waals surface area contributed by atoms with Gasteiger partial charge in [0.15, 0.2) is 4.33 Å². The number of aromatic nitrogens is 1. The quantitative estimate of drug-likeness (QED) is 0.115. The first kappa shape index (κ1) is 28.0. The van der Waals surface area contributed by atoms with Gasteiger partial charge in [-0.2, -0.15) is 0 Å². The number of rotatable bonds is 19. The predicted octanol–water partition coefficient (Wildman–Crippen LogP) is 8.65. The Labute approximate surface area is 200 Å². The zero-order chi connectivity index (χ0) is 22.8. The summed E-state index contributed by atoms with van der Waals surface area (Å²) in [4.78, 5) is 18.6. The van der Waals surface area contributed by atoms with E-state index >= 15 is 0 Å². The van der Waals surface area contributed by atoms with Gasteiger partial charge in [0, 0.05) is 12.7 Å². The molecule has 31 heavy (non-hydrogen) atoms. The van der Waals surface area contributed by atoms with Gasteiger partial charge in [0.2, 0.25) is 0 Å². The van der Waals surface area contributed by atoms with Crippen LogP contribution in [0.1, 0.15) is 103 Å². The molecule has 0 aliphatic heterocycles. The summed E-state index contributed by atoms with van der Waals surface area (Å²) >= 11 is 12.9. The molecule has 1 heterocycles.